The summed E-state index contributed by atoms with van der Waals surface area (Å²) in [7, 11) is 0. The van der Waals surface area contributed by atoms with Gasteiger partial charge in [-0.3, -0.25) is 4.90 Å². The molecule has 6 nitrogen and oxygen atoms in total. The van der Waals surface area contributed by atoms with Gasteiger partial charge in [0.05, 0.1) is 25.4 Å². The van der Waals surface area contributed by atoms with E-state index in [4.69, 9.17) is 15.2 Å². The second-order valence-corrected chi connectivity index (χ2v) is 4.59. The van der Waals surface area contributed by atoms with Gasteiger partial charge in [0.25, 0.3) is 0 Å². The lowest BCUT2D eigenvalue weighted by Gasteiger charge is -2.51. The summed E-state index contributed by atoms with van der Waals surface area (Å²) in [5.41, 5.74) is 5.83. The third-order valence-electron chi connectivity index (χ3n) is 3.60. The highest BCUT2D eigenvalue weighted by molar-refractivity contribution is 5.67. The fraction of sp³-hybridized carbons (Fsp3) is 0.909. The third-order valence-corrected chi connectivity index (χ3v) is 3.60. The summed E-state index contributed by atoms with van der Waals surface area (Å²) in [6, 6.07) is 0. The Morgan fingerprint density at radius 3 is 2.41 bits per heavy atom. The second-order valence-electron chi connectivity index (χ2n) is 4.59. The zero-order chi connectivity index (χ0) is 12.3. The van der Waals surface area contributed by atoms with Crippen molar-refractivity contribution in [3.05, 3.63) is 0 Å². The number of hydrogen-bond donors (Lipinski definition) is 1. The lowest BCUT2D eigenvalue weighted by Crippen LogP contribution is -2.69. The van der Waals surface area contributed by atoms with E-state index in [1.807, 2.05) is 6.92 Å². The predicted molar refractivity (Wildman–Crippen MR) is 62.8 cm³/mol. The topological polar surface area (TPSA) is 68.0 Å². The molecule has 0 aromatic heterocycles. The van der Waals surface area contributed by atoms with Crippen LogP contribution in [0.5, 0.6) is 0 Å². The van der Waals surface area contributed by atoms with Crippen LogP contribution in [0.3, 0.4) is 0 Å². The molecular formula is C11H21N3O3. The van der Waals surface area contributed by atoms with Gasteiger partial charge in [-0.1, -0.05) is 0 Å². The number of nitrogens with zero attached hydrogens (tertiary/aromatic N) is 2. The molecule has 2 aliphatic heterocycles. The molecule has 0 aromatic rings. The van der Waals surface area contributed by atoms with Crippen molar-refractivity contribution < 1.29 is 14.3 Å². The molecule has 1 amide bonds. The summed E-state index contributed by atoms with van der Waals surface area (Å²) >= 11 is 0. The van der Waals surface area contributed by atoms with E-state index in [9.17, 15) is 4.79 Å². The highest BCUT2D eigenvalue weighted by Crippen LogP contribution is 2.25. The number of hydrogen-bond acceptors (Lipinski definition) is 5. The van der Waals surface area contributed by atoms with Crippen molar-refractivity contribution in [3.63, 3.8) is 0 Å². The predicted octanol–water partition coefficient (Wildman–Crippen LogP) is -0.512. The Labute approximate surface area is 102 Å². The molecule has 2 saturated heterocycles. The zero-order valence-corrected chi connectivity index (χ0v) is 10.4. The Kier molecular flexibility index (Phi) is 3.86. The maximum atomic E-state index is 11.5. The molecule has 6 heteroatoms. The van der Waals surface area contributed by atoms with Crippen molar-refractivity contribution in [2.45, 2.75) is 12.5 Å². The van der Waals surface area contributed by atoms with Crippen LogP contribution in [-0.4, -0.2) is 74.0 Å². The number of amides is 1. The van der Waals surface area contributed by atoms with E-state index in [1.165, 1.54) is 0 Å². The Morgan fingerprint density at radius 1 is 1.35 bits per heavy atom. The van der Waals surface area contributed by atoms with E-state index in [2.05, 4.69) is 4.90 Å². The molecule has 17 heavy (non-hydrogen) atoms. The molecule has 0 aliphatic carbocycles. The molecular weight excluding hydrogens is 222 g/mol. The second kappa shape index (κ2) is 5.20. The van der Waals surface area contributed by atoms with Gasteiger partial charge in [0.15, 0.2) is 0 Å². The number of carbonyl (C=O) groups excluding carboxylic acids is 1. The van der Waals surface area contributed by atoms with E-state index in [0.29, 0.717) is 39.5 Å². The lowest BCUT2D eigenvalue weighted by atomic mass is 9.94. The molecule has 2 N–H and O–H groups in total. The van der Waals surface area contributed by atoms with Crippen LogP contribution in [-0.2, 0) is 9.47 Å². The Bertz CT molecular complexity index is 268. The number of carbonyl (C=O) groups is 1. The summed E-state index contributed by atoms with van der Waals surface area (Å²) < 4.78 is 10.3. The number of piperazine rings is 1. The first-order valence-electron chi connectivity index (χ1n) is 6.16. The SMILES string of the molecule is CCOC(=O)N1CCN(C2(CN)COC2)CC1. The molecule has 0 bridgehead atoms. The summed E-state index contributed by atoms with van der Waals surface area (Å²) in [5.74, 6) is 0. The normalized spacial score (nSPS) is 24.2. The standard InChI is InChI=1S/C11H21N3O3/c1-2-17-10(15)13-3-5-14(6-4-13)11(7-12)8-16-9-11/h2-9,12H2,1H3. The number of rotatable bonds is 3. The van der Waals surface area contributed by atoms with Crippen LogP contribution in [0.1, 0.15) is 6.92 Å². The first-order chi connectivity index (χ1) is 8.22. The van der Waals surface area contributed by atoms with Crippen LogP contribution >= 0.6 is 0 Å². The van der Waals surface area contributed by atoms with Gasteiger partial charge in [-0.2, -0.15) is 0 Å². The van der Waals surface area contributed by atoms with E-state index >= 15 is 0 Å². The molecule has 0 unspecified atom stereocenters. The summed E-state index contributed by atoms with van der Waals surface area (Å²) in [6.07, 6.45) is -0.209. The van der Waals surface area contributed by atoms with Gasteiger partial charge in [0, 0.05) is 32.7 Å². The van der Waals surface area contributed by atoms with E-state index in [-0.39, 0.29) is 11.6 Å². The van der Waals surface area contributed by atoms with Crippen LogP contribution in [0.4, 0.5) is 4.79 Å². The Balaban J connectivity index is 1.83. The molecule has 0 radical (unpaired) electrons. The minimum Gasteiger partial charge on any atom is -0.450 e. The maximum Gasteiger partial charge on any atom is 0.409 e. The van der Waals surface area contributed by atoms with Crippen molar-refractivity contribution in [2.75, 3.05) is 52.5 Å². The quantitative estimate of drug-likeness (QED) is 0.723. The van der Waals surface area contributed by atoms with Crippen LogP contribution in [0.15, 0.2) is 0 Å². The molecule has 0 atom stereocenters. The van der Waals surface area contributed by atoms with Crippen molar-refractivity contribution in [3.8, 4) is 0 Å². The van der Waals surface area contributed by atoms with Gasteiger partial charge in [-0.05, 0) is 6.92 Å². The van der Waals surface area contributed by atoms with E-state index in [1.54, 1.807) is 4.90 Å². The molecule has 2 heterocycles. The van der Waals surface area contributed by atoms with Gasteiger partial charge in [-0.25, -0.2) is 4.79 Å². The first kappa shape index (κ1) is 12.6. The minimum atomic E-state index is -0.209. The van der Waals surface area contributed by atoms with E-state index in [0.717, 1.165) is 13.1 Å². The first-order valence-corrected chi connectivity index (χ1v) is 6.16. The van der Waals surface area contributed by atoms with Gasteiger partial charge in [-0.15, -0.1) is 0 Å². The largest absolute Gasteiger partial charge is 0.450 e. The average Bonchev–Trinajstić information content (AvgIpc) is 2.29. The molecule has 2 aliphatic rings. The lowest BCUT2D eigenvalue weighted by molar-refractivity contribution is -0.143. The Morgan fingerprint density at radius 2 is 2.00 bits per heavy atom. The van der Waals surface area contributed by atoms with Gasteiger partial charge < -0.3 is 20.1 Å². The van der Waals surface area contributed by atoms with Gasteiger partial charge >= 0.3 is 6.09 Å². The molecule has 0 aromatic carbocycles. The van der Waals surface area contributed by atoms with Crippen molar-refractivity contribution in [2.24, 2.45) is 5.73 Å². The van der Waals surface area contributed by atoms with Gasteiger partial charge in [0.2, 0.25) is 0 Å². The highest BCUT2D eigenvalue weighted by Gasteiger charge is 2.44. The van der Waals surface area contributed by atoms with Crippen LogP contribution in [0, 0.1) is 0 Å². The molecule has 0 saturated carbocycles. The average molecular weight is 243 g/mol. The molecule has 0 spiro atoms. The zero-order valence-electron chi connectivity index (χ0n) is 10.4. The maximum absolute atomic E-state index is 11.5. The van der Waals surface area contributed by atoms with Crippen molar-refractivity contribution >= 4 is 6.09 Å². The van der Waals surface area contributed by atoms with Crippen molar-refractivity contribution in [1.82, 2.24) is 9.80 Å². The van der Waals surface area contributed by atoms with Gasteiger partial charge in [0.1, 0.15) is 0 Å². The summed E-state index contributed by atoms with van der Waals surface area (Å²) in [4.78, 5) is 15.6. The summed E-state index contributed by atoms with van der Waals surface area (Å²) in [5, 5.41) is 0. The Hall–Kier alpha value is -0.850. The van der Waals surface area contributed by atoms with Crippen molar-refractivity contribution in [1.29, 1.82) is 0 Å². The highest BCUT2D eigenvalue weighted by atomic mass is 16.6. The fourth-order valence-electron chi connectivity index (χ4n) is 2.35. The minimum absolute atomic E-state index is 0.0146. The molecule has 2 fully saturated rings. The fourth-order valence-corrected chi connectivity index (χ4v) is 2.35. The van der Waals surface area contributed by atoms with Crippen LogP contribution < -0.4 is 5.73 Å². The molecule has 2 rings (SSSR count). The third kappa shape index (κ3) is 2.38. The smallest absolute Gasteiger partial charge is 0.409 e. The van der Waals surface area contributed by atoms with Crippen LogP contribution in [0.25, 0.3) is 0 Å². The number of ether oxygens (including phenoxy) is 2. The van der Waals surface area contributed by atoms with Crippen LogP contribution in [0.2, 0.25) is 0 Å². The monoisotopic (exact) mass is 243 g/mol. The molecule has 98 valence electrons. The van der Waals surface area contributed by atoms with E-state index < -0.39 is 0 Å². The summed E-state index contributed by atoms with van der Waals surface area (Å²) in [6.45, 7) is 7.40. The number of nitrogens with two attached hydrogens (primary N) is 1.